The number of rotatable bonds is 2. The highest BCUT2D eigenvalue weighted by molar-refractivity contribution is 7.10. The summed E-state index contributed by atoms with van der Waals surface area (Å²) < 4.78 is 0. The summed E-state index contributed by atoms with van der Waals surface area (Å²) >= 11 is 0. The third-order valence-corrected chi connectivity index (χ3v) is 7.49. The van der Waals surface area contributed by atoms with Gasteiger partial charge in [-0.1, -0.05) is 36.9 Å². The fourth-order valence-corrected chi connectivity index (χ4v) is 6.76. The van der Waals surface area contributed by atoms with Gasteiger partial charge < -0.3 is 5.11 Å². The molecule has 0 saturated heterocycles. The molecule has 0 atom stereocenters. The highest BCUT2D eigenvalue weighted by Crippen LogP contribution is 2.46. The molecule has 0 radical (unpaired) electrons. The topological polar surface area (TPSA) is 20.2 Å². The van der Waals surface area contributed by atoms with Crippen molar-refractivity contribution < 1.29 is 5.11 Å². The summed E-state index contributed by atoms with van der Waals surface area (Å²) in [5.74, 6) is 0. The Morgan fingerprint density at radius 2 is 2.13 bits per heavy atom. The van der Waals surface area contributed by atoms with Gasteiger partial charge in [0.1, 0.15) is 8.07 Å². The van der Waals surface area contributed by atoms with Crippen molar-refractivity contribution in [2.75, 3.05) is 6.61 Å². The van der Waals surface area contributed by atoms with Crippen LogP contribution < -0.4 is 5.19 Å². The molecule has 1 heterocycles. The van der Waals surface area contributed by atoms with Crippen LogP contribution in [0.15, 0.2) is 23.8 Å². The molecule has 0 saturated carbocycles. The zero-order valence-electron chi connectivity index (χ0n) is 9.30. The lowest BCUT2D eigenvalue weighted by atomic mass is 10.1. The van der Waals surface area contributed by atoms with Crippen LogP contribution in [-0.4, -0.2) is 19.8 Å². The molecule has 1 aromatic carbocycles. The van der Waals surface area contributed by atoms with E-state index in [1.54, 1.807) is 15.9 Å². The van der Waals surface area contributed by atoms with Crippen molar-refractivity contribution in [3.05, 3.63) is 34.9 Å². The fraction of sp³-hybridized carbons (Fsp3) is 0.385. The molecule has 0 bridgehead atoms. The number of benzene rings is 1. The Balaban J connectivity index is 2.19. The summed E-state index contributed by atoms with van der Waals surface area (Å²) in [6.07, 6.45) is 1.97. The highest BCUT2D eigenvalue weighted by atomic mass is 28.3. The first kappa shape index (κ1) is 9.37. The van der Waals surface area contributed by atoms with E-state index < -0.39 is 8.07 Å². The number of aliphatic hydroxyl groups excluding tert-OH is 1. The largest absolute Gasteiger partial charge is 0.396 e. The summed E-state index contributed by atoms with van der Waals surface area (Å²) in [7, 11) is -1.28. The maximum absolute atomic E-state index is 9.10. The lowest BCUT2D eigenvalue weighted by Gasteiger charge is -2.39. The minimum atomic E-state index is -1.28. The molecular formula is C13H16OSi. The van der Waals surface area contributed by atoms with E-state index in [1.165, 1.54) is 11.1 Å². The van der Waals surface area contributed by atoms with E-state index in [9.17, 15) is 0 Å². The van der Waals surface area contributed by atoms with Crippen LogP contribution in [0, 0.1) is 0 Å². The number of hydrogen-bond donors (Lipinski definition) is 1. The zero-order chi connectivity index (χ0) is 10.6. The van der Waals surface area contributed by atoms with Crippen molar-refractivity contribution in [3.63, 3.8) is 0 Å². The van der Waals surface area contributed by atoms with Gasteiger partial charge in [-0.3, -0.25) is 0 Å². The van der Waals surface area contributed by atoms with Crippen LogP contribution in [0.3, 0.4) is 0 Å². The van der Waals surface area contributed by atoms with Gasteiger partial charge in [0.05, 0.1) is 0 Å². The normalized spacial score (nSPS) is 20.2. The molecule has 15 heavy (non-hydrogen) atoms. The molecule has 0 amide bonds. The fourth-order valence-electron chi connectivity index (χ4n) is 3.23. The van der Waals surface area contributed by atoms with Crippen molar-refractivity contribution >= 4 is 18.5 Å². The average molecular weight is 216 g/mol. The van der Waals surface area contributed by atoms with Crippen LogP contribution >= 0.6 is 0 Å². The van der Waals surface area contributed by atoms with Gasteiger partial charge >= 0.3 is 0 Å². The van der Waals surface area contributed by atoms with Gasteiger partial charge in [0.25, 0.3) is 0 Å². The van der Waals surface area contributed by atoms with Crippen LogP contribution in [0.25, 0.3) is 5.20 Å². The number of aliphatic hydroxyl groups is 1. The minimum Gasteiger partial charge on any atom is -0.396 e. The molecule has 2 heteroatoms. The Labute approximate surface area is 91.5 Å². The van der Waals surface area contributed by atoms with Crippen molar-refractivity contribution in [2.24, 2.45) is 0 Å². The summed E-state index contributed by atoms with van der Waals surface area (Å²) in [4.78, 5) is 0. The van der Waals surface area contributed by atoms with Crippen molar-refractivity contribution in [1.82, 2.24) is 0 Å². The molecule has 0 spiro atoms. The molecule has 1 nitrogen and oxygen atoms in total. The molecule has 0 fully saturated rings. The van der Waals surface area contributed by atoms with Crippen LogP contribution in [0.2, 0.25) is 13.1 Å². The van der Waals surface area contributed by atoms with E-state index in [0.717, 1.165) is 12.8 Å². The van der Waals surface area contributed by atoms with E-state index in [1.807, 2.05) is 0 Å². The molecule has 78 valence electrons. The first-order chi connectivity index (χ1) is 7.16. The predicted octanol–water partition coefficient (Wildman–Crippen LogP) is 1.85. The zero-order valence-corrected chi connectivity index (χ0v) is 10.3. The first-order valence-electron chi connectivity index (χ1n) is 5.62. The second kappa shape index (κ2) is 2.83. The maximum Gasteiger partial charge on any atom is 0.113 e. The Morgan fingerprint density at radius 1 is 1.33 bits per heavy atom. The highest BCUT2D eigenvalue weighted by Gasteiger charge is 2.46. The Bertz CT molecular complexity index is 471. The SMILES string of the molecule is C[Si]1(C)C2=C(CCO)Cc3cccc1c32. The molecule has 1 aromatic rings. The molecule has 3 rings (SSSR count). The van der Waals surface area contributed by atoms with Crippen LogP contribution in [-0.2, 0) is 6.42 Å². The molecule has 1 aliphatic carbocycles. The average Bonchev–Trinajstić information content (AvgIpc) is 2.55. The van der Waals surface area contributed by atoms with E-state index in [0.29, 0.717) is 6.61 Å². The van der Waals surface area contributed by atoms with E-state index in [-0.39, 0.29) is 0 Å². The standard InChI is InChI=1S/C13H16OSi/c1-15(2)11-5-3-4-9-8-10(6-7-14)13(15)12(9)11/h3-5,14H,6-8H2,1-2H3. The van der Waals surface area contributed by atoms with Crippen molar-refractivity contribution in [3.8, 4) is 0 Å². The quantitative estimate of drug-likeness (QED) is 0.748. The van der Waals surface area contributed by atoms with Crippen LogP contribution in [0.4, 0.5) is 0 Å². The predicted molar refractivity (Wildman–Crippen MR) is 65.9 cm³/mol. The van der Waals surface area contributed by atoms with Crippen LogP contribution in [0.1, 0.15) is 17.5 Å². The van der Waals surface area contributed by atoms with E-state index >= 15 is 0 Å². The van der Waals surface area contributed by atoms with E-state index in [4.69, 9.17) is 5.11 Å². The third-order valence-electron chi connectivity index (χ3n) is 3.87. The van der Waals surface area contributed by atoms with Crippen molar-refractivity contribution in [2.45, 2.75) is 25.9 Å². The number of hydrogen-bond acceptors (Lipinski definition) is 1. The van der Waals surface area contributed by atoms with Gasteiger partial charge in [-0.2, -0.15) is 0 Å². The smallest absolute Gasteiger partial charge is 0.113 e. The van der Waals surface area contributed by atoms with Gasteiger partial charge in [0, 0.05) is 6.61 Å². The molecule has 1 N–H and O–H groups in total. The maximum atomic E-state index is 9.10. The molecule has 0 unspecified atom stereocenters. The molecule has 2 aliphatic rings. The van der Waals surface area contributed by atoms with Gasteiger partial charge in [-0.25, -0.2) is 0 Å². The summed E-state index contributed by atoms with van der Waals surface area (Å²) in [6, 6.07) is 6.74. The summed E-state index contributed by atoms with van der Waals surface area (Å²) in [6.45, 7) is 5.15. The second-order valence-corrected chi connectivity index (χ2v) is 9.38. The van der Waals surface area contributed by atoms with Gasteiger partial charge in [0.2, 0.25) is 0 Å². The second-order valence-electron chi connectivity index (χ2n) is 5.09. The third kappa shape index (κ3) is 1.01. The van der Waals surface area contributed by atoms with Crippen LogP contribution in [0.5, 0.6) is 0 Å². The lowest BCUT2D eigenvalue weighted by Crippen LogP contribution is -2.54. The Kier molecular flexibility index (Phi) is 1.77. The minimum absolute atomic E-state index is 0.298. The van der Waals surface area contributed by atoms with E-state index in [2.05, 4.69) is 31.3 Å². The monoisotopic (exact) mass is 216 g/mol. The first-order valence-corrected chi connectivity index (χ1v) is 8.62. The molecule has 1 aliphatic heterocycles. The molecule has 0 aromatic heterocycles. The Morgan fingerprint density at radius 3 is 2.87 bits per heavy atom. The lowest BCUT2D eigenvalue weighted by molar-refractivity contribution is 0.299. The van der Waals surface area contributed by atoms with Crippen molar-refractivity contribution in [1.29, 1.82) is 0 Å². The molecular weight excluding hydrogens is 200 g/mol. The van der Waals surface area contributed by atoms with Gasteiger partial charge in [0.15, 0.2) is 0 Å². The Hall–Kier alpha value is -0.863. The summed E-state index contributed by atoms with van der Waals surface area (Å²) in [5, 5.41) is 12.4. The van der Waals surface area contributed by atoms with Gasteiger partial charge in [-0.15, -0.1) is 0 Å². The van der Waals surface area contributed by atoms with Gasteiger partial charge in [-0.05, 0) is 34.4 Å². The summed E-state index contributed by atoms with van der Waals surface area (Å²) in [5.41, 5.74) is 4.57.